The van der Waals surface area contributed by atoms with E-state index in [1.54, 1.807) is 66.7 Å². The van der Waals surface area contributed by atoms with Crippen molar-refractivity contribution in [1.29, 1.82) is 0 Å². The van der Waals surface area contributed by atoms with E-state index in [2.05, 4.69) is 10.3 Å². The number of carbonyl (C=O) groups is 1. The topological polar surface area (TPSA) is 68.3 Å². The molecule has 3 aromatic carbocycles. The Morgan fingerprint density at radius 3 is 2.40 bits per heavy atom. The van der Waals surface area contributed by atoms with Crippen molar-refractivity contribution in [3.8, 4) is 22.8 Å². The van der Waals surface area contributed by atoms with Gasteiger partial charge >= 0.3 is 0 Å². The van der Waals surface area contributed by atoms with Gasteiger partial charge in [-0.2, -0.15) is 0 Å². The van der Waals surface area contributed by atoms with Crippen molar-refractivity contribution < 1.29 is 13.6 Å². The van der Waals surface area contributed by atoms with Crippen molar-refractivity contribution in [1.82, 2.24) is 4.98 Å². The lowest BCUT2D eigenvalue weighted by atomic mass is 10.2. The van der Waals surface area contributed by atoms with Crippen molar-refractivity contribution in [3.05, 3.63) is 98.7 Å². The van der Waals surface area contributed by atoms with Crippen LogP contribution in [0.2, 0.25) is 20.1 Å². The molecule has 0 aliphatic carbocycles. The fourth-order valence-corrected chi connectivity index (χ4v) is 4.50. The third kappa shape index (κ3) is 5.39. The van der Waals surface area contributed by atoms with E-state index in [0.29, 0.717) is 59.9 Å². The van der Waals surface area contributed by atoms with Gasteiger partial charge < -0.3 is 14.2 Å². The summed E-state index contributed by atoms with van der Waals surface area (Å²) in [5, 5.41) is 4.67. The number of nitrogens with zero attached hydrogens (tertiary/aromatic N) is 1. The number of hydrogen-bond donors (Lipinski definition) is 1. The Kier molecular flexibility index (Phi) is 6.58. The summed E-state index contributed by atoms with van der Waals surface area (Å²) in [6.45, 7) is 0. The van der Waals surface area contributed by atoms with Gasteiger partial charge in [0.1, 0.15) is 17.0 Å². The van der Waals surface area contributed by atoms with Crippen molar-refractivity contribution in [2.75, 3.05) is 5.32 Å². The second kappa shape index (κ2) is 9.80. The second-order valence-corrected chi connectivity index (χ2v) is 9.23. The van der Waals surface area contributed by atoms with Crippen LogP contribution in [0.1, 0.15) is 5.76 Å². The fraction of sp³-hybridized carbons (Fsp3) is 0. The summed E-state index contributed by atoms with van der Waals surface area (Å²) in [5.41, 5.74) is 2.98. The monoisotopic (exact) mass is 542 g/mol. The first-order chi connectivity index (χ1) is 16.8. The molecule has 0 bridgehead atoms. The zero-order chi connectivity index (χ0) is 24.5. The molecule has 0 unspecified atom stereocenters. The van der Waals surface area contributed by atoms with Crippen molar-refractivity contribution in [2.24, 2.45) is 0 Å². The lowest BCUT2D eigenvalue weighted by molar-refractivity contribution is -0.111. The van der Waals surface area contributed by atoms with E-state index >= 15 is 0 Å². The molecule has 0 fully saturated rings. The van der Waals surface area contributed by atoms with Crippen LogP contribution < -0.4 is 5.32 Å². The number of rotatable bonds is 5. The lowest BCUT2D eigenvalue weighted by Gasteiger charge is -2.03. The minimum atomic E-state index is -0.335. The van der Waals surface area contributed by atoms with Crippen LogP contribution in [0.5, 0.6) is 0 Å². The van der Waals surface area contributed by atoms with Gasteiger partial charge in [-0.3, -0.25) is 4.79 Å². The number of nitrogens with one attached hydrogen (secondary N) is 1. The molecule has 5 aromatic rings. The lowest BCUT2D eigenvalue weighted by Crippen LogP contribution is -2.07. The third-order valence-corrected chi connectivity index (χ3v) is 5.89. The number of halogens is 4. The highest BCUT2D eigenvalue weighted by atomic mass is 35.5. The SMILES string of the molecule is O=C(/C=C/c1ccc(-c2cc(Cl)cc(Cl)c2)o1)Nc1cccc(-c2nc3cc(Cl)cc(Cl)c3o2)c1. The third-order valence-electron chi connectivity index (χ3n) is 4.96. The standard InChI is InChI=1S/C26H14Cl4N2O3/c27-16-8-15(9-17(28)11-16)23-6-4-20(34-23)5-7-24(33)31-19-3-1-2-14(10-19)26-32-22-13-18(29)12-21(30)25(22)35-26/h1-13H,(H,31,33)/b7-5+. The number of fused-ring (bicyclic) bond motifs is 1. The highest BCUT2D eigenvalue weighted by Gasteiger charge is 2.13. The Morgan fingerprint density at radius 2 is 1.60 bits per heavy atom. The number of hydrogen-bond acceptors (Lipinski definition) is 4. The summed E-state index contributed by atoms with van der Waals surface area (Å²) in [5.74, 6) is 1.11. The molecule has 0 spiro atoms. The molecule has 5 rings (SSSR count). The minimum absolute atomic E-state index is 0.335. The highest BCUT2D eigenvalue weighted by molar-refractivity contribution is 6.38. The van der Waals surface area contributed by atoms with Crippen LogP contribution in [0.25, 0.3) is 40.0 Å². The molecule has 1 N–H and O–H groups in total. The van der Waals surface area contributed by atoms with Crippen molar-refractivity contribution in [2.45, 2.75) is 0 Å². The zero-order valence-electron chi connectivity index (χ0n) is 17.7. The van der Waals surface area contributed by atoms with E-state index in [4.69, 9.17) is 55.2 Å². The molecule has 5 nitrogen and oxygen atoms in total. The number of furan rings is 1. The van der Waals surface area contributed by atoms with Crippen LogP contribution >= 0.6 is 46.4 Å². The van der Waals surface area contributed by atoms with Crippen LogP contribution in [0.15, 0.2) is 81.6 Å². The molecule has 9 heteroatoms. The molecule has 174 valence electrons. The van der Waals surface area contributed by atoms with Gasteiger partial charge in [0, 0.05) is 38.0 Å². The average molecular weight is 544 g/mol. The van der Waals surface area contributed by atoms with Crippen LogP contribution in [0.3, 0.4) is 0 Å². The molecule has 0 radical (unpaired) electrons. The van der Waals surface area contributed by atoms with Crippen LogP contribution in [0.4, 0.5) is 5.69 Å². The predicted molar refractivity (Wildman–Crippen MR) is 141 cm³/mol. The van der Waals surface area contributed by atoms with Gasteiger partial charge in [0.2, 0.25) is 11.8 Å². The molecule has 1 amide bonds. The van der Waals surface area contributed by atoms with E-state index in [1.807, 2.05) is 6.07 Å². The van der Waals surface area contributed by atoms with Crippen LogP contribution in [-0.4, -0.2) is 10.9 Å². The van der Waals surface area contributed by atoms with E-state index < -0.39 is 0 Å². The normalized spacial score (nSPS) is 11.4. The molecule has 35 heavy (non-hydrogen) atoms. The highest BCUT2D eigenvalue weighted by Crippen LogP contribution is 2.33. The molecular weight excluding hydrogens is 530 g/mol. The summed E-state index contributed by atoms with van der Waals surface area (Å²) >= 11 is 24.4. The van der Waals surface area contributed by atoms with Gasteiger partial charge in [0.15, 0.2) is 5.58 Å². The van der Waals surface area contributed by atoms with E-state index in [1.165, 1.54) is 6.08 Å². The summed E-state index contributed by atoms with van der Waals surface area (Å²) in [6.07, 6.45) is 2.95. The molecule has 0 saturated carbocycles. The Balaban J connectivity index is 1.30. The summed E-state index contributed by atoms with van der Waals surface area (Å²) in [4.78, 5) is 16.9. The molecule has 2 aromatic heterocycles. The number of carbonyl (C=O) groups excluding carboxylic acids is 1. The largest absolute Gasteiger partial charge is 0.457 e. The fourth-order valence-electron chi connectivity index (χ4n) is 3.45. The van der Waals surface area contributed by atoms with Gasteiger partial charge in [0.25, 0.3) is 0 Å². The maximum atomic E-state index is 12.5. The van der Waals surface area contributed by atoms with Gasteiger partial charge in [-0.1, -0.05) is 52.5 Å². The summed E-state index contributed by atoms with van der Waals surface area (Å²) in [7, 11) is 0. The van der Waals surface area contributed by atoms with E-state index in [-0.39, 0.29) is 5.91 Å². The molecule has 0 saturated heterocycles. The first kappa shape index (κ1) is 23.5. The van der Waals surface area contributed by atoms with Crippen molar-refractivity contribution >= 4 is 75.2 Å². The first-order valence-electron chi connectivity index (χ1n) is 10.3. The Hall–Kier alpha value is -3.22. The Labute approximate surface area is 219 Å². The van der Waals surface area contributed by atoms with Gasteiger partial charge in [-0.05, 0) is 66.7 Å². The molecule has 2 heterocycles. The van der Waals surface area contributed by atoms with E-state index in [0.717, 1.165) is 5.56 Å². The number of amides is 1. The number of oxazole rings is 1. The first-order valence-corrected chi connectivity index (χ1v) is 11.8. The molecule has 0 atom stereocenters. The van der Waals surface area contributed by atoms with Crippen LogP contribution in [0, 0.1) is 0 Å². The number of benzene rings is 3. The van der Waals surface area contributed by atoms with Gasteiger partial charge in [-0.25, -0.2) is 4.98 Å². The maximum absolute atomic E-state index is 12.5. The van der Waals surface area contributed by atoms with Crippen molar-refractivity contribution in [3.63, 3.8) is 0 Å². The molecular formula is C26H14Cl4N2O3. The maximum Gasteiger partial charge on any atom is 0.248 e. The Bertz CT molecular complexity index is 1580. The minimum Gasteiger partial charge on any atom is -0.457 e. The predicted octanol–water partition coefficient (Wildman–Crippen LogP) is 9.02. The zero-order valence-corrected chi connectivity index (χ0v) is 20.7. The van der Waals surface area contributed by atoms with E-state index in [9.17, 15) is 4.79 Å². The molecule has 0 aliphatic rings. The Morgan fingerprint density at radius 1 is 0.829 bits per heavy atom. The smallest absolute Gasteiger partial charge is 0.248 e. The second-order valence-electron chi connectivity index (χ2n) is 7.52. The average Bonchev–Trinajstić information content (AvgIpc) is 3.45. The molecule has 0 aliphatic heterocycles. The van der Waals surface area contributed by atoms with Gasteiger partial charge in [-0.15, -0.1) is 0 Å². The number of anilines is 1. The van der Waals surface area contributed by atoms with Gasteiger partial charge in [0.05, 0.1) is 5.02 Å². The number of aromatic nitrogens is 1. The summed E-state index contributed by atoms with van der Waals surface area (Å²) in [6, 6.07) is 19.0. The van der Waals surface area contributed by atoms with Crippen LogP contribution in [-0.2, 0) is 4.79 Å². The quantitative estimate of drug-likeness (QED) is 0.224. The summed E-state index contributed by atoms with van der Waals surface area (Å²) < 4.78 is 11.6.